The molecule has 5 heteroatoms. The van der Waals surface area contributed by atoms with Crippen LogP contribution in [0, 0.1) is 0 Å². The zero-order chi connectivity index (χ0) is 12.3. The third-order valence-electron chi connectivity index (χ3n) is 2.11. The van der Waals surface area contributed by atoms with Gasteiger partial charge in [-0.2, -0.15) is 0 Å². The molecule has 0 amide bonds. The predicted octanol–water partition coefficient (Wildman–Crippen LogP) is 4.76. The minimum Gasteiger partial charge on any atom is -0.379 e. The van der Waals surface area contributed by atoms with E-state index in [9.17, 15) is 0 Å². The van der Waals surface area contributed by atoms with Crippen LogP contribution in [0.25, 0.3) is 0 Å². The van der Waals surface area contributed by atoms with Gasteiger partial charge in [0, 0.05) is 15.7 Å². The van der Waals surface area contributed by atoms with Crippen LogP contribution in [0.1, 0.15) is 5.69 Å². The van der Waals surface area contributed by atoms with Crippen molar-refractivity contribution in [2.75, 3.05) is 5.32 Å². The van der Waals surface area contributed by atoms with Crippen molar-refractivity contribution in [2.24, 2.45) is 0 Å². The molecule has 1 N–H and O–H groups in total. The minimum absolute atomic E-state index is 0.613. The lowest BCUT2D eigenvalue weighted by Gasteiger charge is -2.07. The molecule has 0 aliphatic rings. The number of anilines is 1. The summed E-state index contributed by atoms with van der Waals surface area (Å²) in [6, 6.07) is 11.1. The number of benzene rings is 1. The maximum absolute atomic E-state index is 5.91. The highest BCUT2D eigenvalue weighted by Crippen LogP contribution is 2.22. The van der Waals surface area contributed by atoms with Crippen molar-refractivity contribution in [3.63, 3.8) is 0 Å². The van der Waals surface area contributed by atoms with E-state index in [2.05, 4.69) is 26.2 Å². The molecular weight excluding hydrogens is 323 g/mol. The van der Waals surface area contributed by atoms with E-state index in [-0.39, 0.29) is 0 Å². The summed E-state index contributed by atoms with van der Waals surface area (Å²) in [5, 5.41) is 4.44. The molecule has 2 rings (SSSR count). The molecule has 0 saturated carbocycles. The van der Waals surface area contributed by atoms with Crippen molar-refractivity contribution >= 4 is 44.8 Å². The van der Waals surface area contributed by atoms with Crippen molar-refractivity contribution < 1.29 is 0 Å². The molecule has 1 aromatic carbocycles. The minimum atomic E-state index is 0.613. The summed E-state index contributed by atoms with van der Waals surface area (Å²) in [5.74, 6) is 0. The normalized spacial score (nSPS) is 10.3. The first-order chi connectivity index (χ1) is 8.13. The number of nitrogens with one attached hydrogen (secondary N) is 1. The summed E-state index contributed by atoms with van der Waals surface area (Å²) in [7, 11) is 0. The Morgan fingerprint density at radius 1 is 1.12 bits per heavy atom. The Morgan fingerprint density at radius 2 is 1.82 bits per heavy atom. The summed E-state index contributed by atoms with van der Waals surface area (Å²) in [6.45, 7) is 0.621. The summed E-state index contributed by atoms with van der Waals surface area (Å²) in [6.07, 6.45) is 0. The standard InChI is InChI=1S/C12H9BrCl2N2/c13-12-3-1-2-10(17-12)7-16-11-5-8(14)4-9(15)6-11/h1-6,16H,7H2. The highest BCUT2D eigenvalue weighted by atomic mass is 79.9. The van der Waals surface area contributed by atoms with E-state index >= 15 is 0 Å². The lowest BCUT2D eigenvalue weighted by Crippen LogP contribution is -2.01. The van der Waals surface area contributed by atoms with Crippen molar-refractivity contribution in [1.29, 1.82) is 0 Å². The van der Waals surface area contributed by atoms with Crippen molar-refractivity contribution in [3.05, 3.63) is 56.7 Å². The molecule has 0 aliphatic heterocycles. The van der Waals surface area contributed by atoms with E-state index in [1.807, 2.05) is 30.3 Å². The Labute approximate surface area is 118 Å². The van der Waals surface area contributed by atoms with Gasteiger partial charge in [0.1, 0.15) is 4.60 Å². The summed E-state index contributed by atoms with van der Waals surface area (Å²) >= 11 is 15.1. The zero-order valence-electron chi connectivity index (χ0n) is 8.75. The molecular formula is C12H9BrCl2N2. The maximum Gasteiger partial charge on any atom is 0.106 e. The maximum atomic E-state index is 5.91. The number of nitrogens with zero attached hydrogens (tertiary/aromatic N) is 1. The van der Waals surface area contributed by atoms with Gasteiger partial charge in [0.15, 0.2) is 0 Å². The van der Waals surface area contributed by atoms with Crippen LogP contribution in [0.2, 0.25) is 10.0 Å². The molecule has 0 spiro atoms. The number of pyridine rings is 1. The van der Waals surface area contributed by atoms with Crippen LogP contribution in [0.15, 0.2) is 41.0 Å². The summed E-state index contributed by atoms with van der Waals surface area (Å²) in [5.41, 5.74) is 1.82. The van der Waals surface area contributed by atoms with E-state index in [0.29, 0.717) is 16.6 Å². The molecule has 1 heterocycles. The third kappa shape index (κ3) is 3.87. The first kappa shape index (κ1) is 12.7. The van der Waals surface area contributed by atoms with E-state index < -0.39 is 0 Å². The van der Waals surface area contributed by atoms with Gasteiger partial charge < -0.3 is 5.32 Å². The van der Waals surface area contributed by atoms with Gasteiger partial charge in [-0.3, -0.25) is 0 Å². The third-order valence-corrected chi connectivity index (χ3v) is 2.99. The monoisotopic (exact) mass is 330 g/mol. The molecule has 2 nitrogen and oxygen atoms in total. The SMILES string of the molecule is Clc1cc(Cl)cc(NCc2cccc(Br)n2)c1. The Kier molecular flexibility index (Phi) is 4.26. The van der Waals surface area contributed by atoms with E-state index in [1.165, 1.54) is 0 Å². The topological polar surface area (TPSA) is 24.9 Å². The van der Waals surface area contributed by atoms with Gasteiger partial charge in [-0.15, -0.1) is 0 Å². The number of aromatic nitrogens is 1. The zero-order valence-corrected chi connectivity index (χ0v) is 11.9. The molecule has 17 heavy (non-hydrogen) atoms. The van der Waals surface area contributed by atoms with Crippen LogP contribution < -0.4 is 5.32 Å². The van der Waals surface area contributed by atoms with Crippen LogP contribution >= 0.6 is 39.1 Å². The highest BCUT2D eigenvalue weighted by molar-refractivity contribution is 9.10. The van der Waals surface area contributed by atoms with Gasteiger partial charge in [-0.1, -0.05) is 29.3 Å². The molecule has 0 aliphatic carbocycles. The average molecular weight is 332 g/mol. The smallest absolute Gasteiger partial charge is 0.106 e. The Balaban J connectivity index is 2.07. The molecule has 0 unspecified atom stereocenters. The number of halogens is 3. The molecule has 2 aromatic rings. The fraction of sp³-hybridized carbons (Fsp3) is 0.0833. The van der Waals surface area contributed by atoms with Crippen molar-refractivity contribution in [3.8, 4) is 0 Å². The Bertz CT molecular complexity index is 511. The first-order valence-corrected chi connectivity index (χ1v) is 6.50. The largest absolute Gasteiger partial charge is 0.379 e. The first-order valence-electron chi connectivity index (χ1n) is 4.95. The lowest BCUT2D eigenvalue weighted by atomic mass is 10.3. The van der Waals surface area contributed by atoms with Gasteiger partial charge in [-0.25, -0.2) is 4.98 Å². The van der Waals surface area contributed by atoms with Crippen molar-refractivity contribution in [2.45, 2.75) is 6.54 Å². The lowest BCUT2D eigenvalue weighted by molar-refractivity contribution is 1.03. The van der Waals surface area contributed by atoms with Crippen LogP contribution in [-0.2, 0) is 6.54 Å². The number of hydrogen-bond acceptors (Lipinski definition) is 2. The van der Waals surface area contributed by atoms with Crippen molar-refractivity contribution in [1.82, 2.24) is 4.98 Å². The second-order valence-corrected chi connectivity index (χ2v) is 5.15. The molecule has 0 atom stereocenters. The van der Waals surface area contributed by atoms with Crippen LogP contribution in [0.5, 0.6) is 0 Å². The Hall–Kier alpha value is -0.770. The predicted molar refractivity (Wildman–Crippen MR) is 75.7 cm³/mol. The summed E-state index contributed by atoms with van der Waals surface area (Å²) < 4.78 is 0.820. The van der Waals surface area contributed by atoms with Crippen LogP contribution in [0.4, 0.5) is 5.69 Å². The Morgan fingerprint density at radius 3 is 2.47 bits per heavy atom. The van der Waals surface area contributed by atoms with Gasteiger partial charge in [-0.05, 0) is 46.3 Å². The highest BCUT2D eigenvalue weighted by Gasteiger charge is 1.99. The van der Waals surface area contributed by atoms with E-state index in [1.54, 1.807) is 6.07 Å². The molecule has 1 aromatic heterocycles. The fourth-order valence-corrected chi connectivity index (χ4v) is 2.30. The second kappa shape index (κ2) is 5.71. The number of hydrogen-bond donors (Lipinski definition) is 1. The average Bonchev–Trinajstić information content (AvgIpc) is 2.25. The number of rotatable bonds is 3. The summed E-state index contributed by atoms with van der Waals surface area (Å²) in [4.78, 5) is 4.32. The van der Waals surface area contributed by atoms with Gasteiger partial charge in [0.25, 0.3) is 0 Å². The molecule has 0 saturated heterocycles. The quantitative estimate of drug-likeness (QED) is 0.820. The van der Waals surface area contributed by atoms with E-state index in [4.69, 9.17) is 23.2 Å². The molecule has 0 bridgehead atoms. The van der Waals surface area contributed by atoms with Crippen LogP contribution in [-0.4, -0.2) is 4.98 Å². The molecule has 0 radical (unpaired) electrons. The van der Waals surface area contributed by atoms with Crippen LogP contribution in [0.3, 0.4) is 0 Å². The van der Waals surface area contributed by atoms with Gasteiger partial charge in [0.2, 0.25) is 0 Å². The van der Waals surface area contributed by atoms with Gasteiger partial charge >= 0.3 is 0 Å². The van der Waals surface area contributed by atoms with E-state index in [0.717, 1.165) is 16.0 Å². The second-order valence-electron chi connectivity index (χ2n) is 3.46. The molecule has 0 fully saturated rings. The molecule has 88 valence electrons. The van der Waals surface area contributed by atoms with Gasteiger partial charge in [0.05, 0.1) is 12.2 Å². The fourth-order valence-electron chi connectivity index (χ4n) is 1.40.